The molecule has 0 saturated heterocycles. The van der Waals surface area contributed by atoms with Crippen molar-refractivity contribution < 1.29 is 17.9 Å². The fraction of sp³-hybridized carbons (Fsp3) is 0.250. The maximum absolute atomic E-state index is 12.4. The number of ether oxygens (including phenoxy) is 1. The van der Waals surface area contributed by atoms with Crippen LogP contribution in [0.4, 0.5) is 18.9 Å². The molecule has 2 rings (SSSR count). The summed E-state index contributed by atoms with van der Waals surface area (Å²) in [5.74, 6) is -0.275. The number of rotatable bonds is 4. The van der Waals surface area contributed by atoms with Crippen LogP contribution in [-0.4, -0.2) is 11.3 Å². The van der Waals surface area contributed by atoms with Crippen LogP contribution in [0, 0.1) is 0 Å². The van der Waals surface area contributed by atoms with Crippen LogP contribution in [0.15, 0.2) is 34.4 Å². The zero-order valence-corrected chi connectivity index (χ0v) is 12.6. The van der Waals surface area contributed by atoms with E-state index in [-0.39, 0.29) is 17.5 Å². The lowest BCUT2D eigenvalue weighted by molar-refractivity contribution is -0.274. The van der Waals surface area contributed by atoms with Gasteiger partial charge in [-0.15, -0.1) is 24.5 Å². The summed E-state index contributed by atoms with van der Waals surface area (Å²) in [7, 11) is 0. The SMILES string of the molecule is CC(Nc1ccc(Br)cc1OC(F)(F)F)c1cncs1. The van der Waals surface area contributed by atoms with Crippen molar-refractivity contribution in [1.82, 2.24) is 4.98 Å². The Bertz CT molecular complexity index is 575. The highest BCUT2D eigenvalue weighted by Gasteiger charge is 2.32. The molecule has 0 aliphatic rings. The fourth-order valence-electron chi connectivity index (χ4n) is 1.57. The van der Waals surface area contributed by atoms with Crippen molar-refractivity contribution in [3.63, 3.8) is 0 Å². The van der Waals surface area contributed by atoms with E-state index < -0.39 is 6.36 Å². The van der Waals surface area contributed by atoms with Gasteiger partial charge < -0.3 is 10.1 Å². The summed E-state index contributed by atoms with van der Waals surface area (Å²) in [4.78, 5) is 4.86. The molecule has 1 heterocycles. The molecule has 0 fully saturated rings. The molecule has 1 aromatic carbocycles. The topological polar surface area (TPSA) is 34.1 Å². The third-order valence-electron chi connectivity index (χ3n) is 2.42. The van der Waals surface area contributed by atoms with Gasteiger partial charge in [-0.1, -0.05) is 15.9 Å². The summed E-state index contributed by atoms with van der Waals surface area (Å²) in [5, 5.41) is 2.99. The van der Waals surface area contributed by atoms with Gasteiger partial charge in [0.05, 0.1) is 17.2 Å². The van der Waals surface area contributed by atoms with Gasteiger partial charge in [0.15, 0.2) is 5.75 Å². The molecule has 0 amide bonds. The molecule has 3 nitrogen and oxygen atoms in total. The number of hydrogen-bond donors (Lipinski definition) is 1. The van der Waals surface area contributed by atoms with E-state index in [9.17, 15) is 13.2 Å². The predicted molar refractivity (Wildman–Crippen MR) is 75.0 cm³/mol. The Labute approximate surface area is 125 Å². The van der Waals surface area contributed by atoms with Gasteiger partial charge in [-0.2, -0.15) is 0 Å². The molecule has 20 heavy (non-hydrogen) atoms. The van der Waals surface area contributed by atoms with Crippen molar-refractivity contribution >= 4 is 33.0 Å². The molecule has 1 unspecified atom stereocenters. The minimum atomic E-state index is -4.73. The minimum Gasteiger partial charge on any atom is -0.404 e. The van der Waals surface area contributed by atoms with Crippen molar-refractivity contribution in [3.8, 4) is 5.75 Å². The van der Waals surface area contributed by atoms with E-state index in [1.165, 1.54) is 23.5 Å². The maximum Gasteiger partial charge on any atom is 0.573 e. The minimum absolute atomic E-state index is 0.167. The molecular weight excluding hydrogens is 357 g/mol. The van der Waals surface area contributed by atoms with Gasteiger partial charge in [0.2, 0.25) is 0 Å². The summed E-state index contributed by atoms with van der Waals surface area (Å²) in [6.45, 7) is 1.84. The normalized spacial score (nSPS) is 13.1. The average Bonchev–Trinajstić information content (AvgIpc) is 2.84. The van der Waals surface area contributed by atoms with E-state index in [1.807, 2.05) is 6.92 Å². The lowest BCUT2D eigenvalue weighted by Crippen LogP contribution is -2.18. The second kappa shape index (κ2) is 6.01. The molecule has 0 saturated carbocycles. The number of nitrogens with zero attached hydrogens (tertiary/aromatic N) is 1. The van der Waals surface area contributed by atoms with Crippen LogP contribution in [0.25, 0.3) is 0 Å². The maximum atomic E-state index is 12.4. The molecule has 1 N–H and O–H groups in total. The lowest BCUT2D eigenvalue weighted by Gasteiger charge is -2.18. The Balaban J connectivity index is 2.22. The second-order valence-electron chi connectivity index (χ2n) is 3.96. The highest BCUT2D eigenvalue weighted by atomic mass is 79.9. The van der Waals surface area contributed by atoms with Crippen LogP contribution in [-0.2, 0) is 0 Å². The van der Waals surface area contributed by atoms with Crippen LogP contribution in [0.1, 0.15) is 17.8 Å². The van der Waals surface area contributed by atoms with E-state index in [1.54, 1.807) is 17.8 Å². The third-order valence-corrected chi connectivity index (χ3v) is 3.87. The first-order valence-corrected chi connectivity index (χ1v) is 7.22. The number of alkyl halides is 3. The van der Waals surface area contributed by atoms with Crippen LogP contribution in [0.2, 0.25) is 0 Å². The zero-order chi connectivity index (χ0) is 14.8. The quantitative estimate of drug-likeness (QED) is 0.828. The molecule has 108 valence electrons. The molecule has 1 aromatic heterocycles. The summed E-state index contributed by atoms with van der Waals surface area (Å²) in [5.41, 5.74) is 1.94. The van der Waals surface area contributed by atoms with E-state index in [2.05, 4.69) is 31.0 Å². The molecule has 0 spiro atoms. The number of benzene rings is 1. The number of thiazole rings is 1. The summed E-state index contributed by atoms with van der Waals surface area (Å²) in [6.07, 6.45) is -3.06. The second-order valence-corrected chi connectivity index (χ2v) is 5.79. The molecule has 0 aliphatic heterocycles. The van der Waals surface area contributed by atoms with Crippen LogP contribution < -0.4 is 10.1 Å². The third kappa shape index (κ3) is 4.11. The van der Waals surface area contributed by atoms with E-state index >= 15 is 0 Å². The Morgan fingerprint density at radius 2 is 2.15 bits per heavy atom. The van der Waals surface area contributed by atoms with Gasteiger partial charge >= 0.3 is 6.36 Å². The highest BCUT2D eigenvalue weighted by Crippen LogP contribution is 2.35. The monoisotopic (exact) mass is 366 g/mol. The number of halogens is 4. The standard InChI is InChI=1S/C12H10BrF3N2OS/c1-7(11-5-17-6-20-11)18-9-3-2-8(13)4-10(9)19-12(14,15)16/h2-7,18H,1H3. The molecule has 1 atom stereocenters. The first-order valence-electron chi connectivity index (χ1n) is 5.55. The van der Waals surface area contributed by atoms with Crippen molar-refractivity contribution in [1.29, 1.82) is 0 Å². The molecule has 0 aliphatic carbocycles. The molecule has 0 radical (unpaired) electrons. The number of nitrogens with one attached hydrogen (secondary N) is 1. The van der Waals surface area contributed by atoms with Gasteiger partial charge in [0.1, 0.15) is 0 Å². The van der Waals surface area contributed by atoms with Crippen molar-refractivity contribution in [2.75, 3.05) is 5.32 Å². The molecule has 0 bridgehead atoms. The summed E-state index contributed by atoms with van der Waals surface area (Å²) in [6, 6.07) is 4.28. The summed E-state index contributed by atoms with van der Waals surface area (Å²) >= 11 is 4.55. The predicted octanol–water partition coefficient (Wildman–Crippen LogP) is 4.98. The fourth-order valence-corrected chi connectivity index (χ4v) is 2.54. The smallest absolute Gasteiger partial charge is 0.404 e. The van der Waals surface area contributed by atoms with Gasteiger partial charge in [-0.3, -0.25) is 4.98 Å². The highest BCUT2D eigenvalue weighted by molar-refractivity contribution is 9.10. The van der Waals surface area contributed by atoms with Gasteiger partial charge in [-0.05, 0) is 25.1 Å². The molecule has 8 heteroatoms. The first-order chi connectivity index (χ1) is 9.35. The van der Waals surface area contributed by atoms with Gasteiger partial charge in [0.25, 0.3) is 0 Å². The van der Waals surface area contributed by atoms with E-state index in [4.69, 9.17) is 0 Å². The van der Waals surface area contributed by atoms with Crippen molar-refractivity contribution in [3.05, 3.63) is 39.3 Å². The summed E-state index contributed by atoms with van der Waals surface area (Å²) < 4.78 is 41.7. The number of anilines is 1. The van der Waals surface area contributed by atoms with Crippen LogP contribution in [0.3, 0.4) is 0 Å². The Morgan fingerprint density at radius 1 is 1.40 bits per heavy atom. The van der Waals surface area contributed by atoms with Gasteiger partial charge in [0, 0.05) is 15.5 Å². The Morgan fingerprint density at radius 3 is 2.75 bits per heavy atom. The lowest BCUT2D eigenvalue weighted by atomic mass is 10.2. The largest absolute Gasteiger partial charge is 0.573 e. The molecular formula is C12H10BrF3N2OS. The van der Waals surface area contributed by atoms with Crippen LogP contribution >= 0.6 is 27.3 Å². The number of hydrogen-bond acceptors (Lipinski definition) is 4. The van der Waals surface area contributed by atoms with E-state index in [0.717, 1.165) is 4.88 Å². The zero-order valence-electron chi connectivity index (χ0n) is 10.2. The van der Waals surface area contributed by atoms with E-state index in [0.29, 0.717) is 4.47 Å². The first kappa shape index (κ1) is 15.1. The Kier molecular flexibility index (Phi) is 4.54. The average molecular weight is 367 g/mol. The van der Waals surface area contributed by atoms with Crippen molar-refractivity contribution in [2.24, 2.45) is 0 Å². The Hall–Kier alpha value is -1.28. The van der Waals surface area contributed by atoms with Crippen molar-refractivity contribution in [2.45, 2.75) is 19.3 Å². The number of aromatic nitrogens is 1. The van der Waals surface area contributed by atoms with Crippen LogP contribution in [0.5, 0.6) is 5.75 Å². The van der Waals surface area contributed by atoms with Gasteiger partial charge in [-0.25, -0.2) is 0 Å². The molecule has 2 aromatic rings.